The van der Waals surface area contributed by atoms with Gasteiger partial charge in [-0.2, -0.15) is 0 Å². The first kappa shape index (κ1) is 16.9. The average Bonchev–Trinajstić information content (AvgIpc) is 3.04. The highest BCUT2D eigenvalue weighted by Crippen LogP contribution is 2.26. The van der Waals surface area contributed by atoms with Crippen LogP contribution in [0.1, 0.15) is 23.7 Å². The maximum atomic E-state index is 12.4. The van der Waals surface area contributed by atoms with Crippen molar-refractivity contribution in [3.63, 3.8) is 0 Å². The van der Waals surface area contributed by atoms with Crippen molar-refractivity contribution < 1.29 is 19.1 Å². The lowest BCUT2D eigenvalue weighted by atomic mass is 10.1. The van der Waals surface area contributed by atoms with E-state index in [2.05, 4.69) is 0 Å². The molecule has 128 valence electrons. The molecule has 0 aromatic heterocycles. The number of hydrogen-bond acceptors (Lipinski definition) is 4. The number of ether oxygens (including phenoxy) is 1. The summed E-state index contributed by atoms with van der Waals surface area (Å²) < 4.78 is 5.32. The first-order valence-electron chi connectivity index (χ1n) is 8.21. The molecule has 1 amide bonds. The lowest BCUT2D eigenvalue weighted by Crippen LogP contribution is -2.30. The summed E-state index contributed by atoms with van der Waals surface area (Å²) in [7, 11) is 0. The highest BCUT2D eigenvalue weighted by Gasteiger charge is 2.37. The molecule has 0 spiro atoms. The number of ketones is 1. The Labute approximate surface area is 146 Å². The van der Waals surface area contributed by atoms with E-state index in [0.717, 1.165) is 5.69 Å². The van der Waals surface area contributed by atoms with Gasteiger partial charge in [-0.15, -0.1) is 0 Å². The molecule has 2 aromatic carbocycles. The topological polar surface area (TPSA) is 63.7 Å². The SMILES string of the molecule is C[C@@H](OC(=O)[C@H]1CC(=O)N(c2ccccc2)C1)C(=O)c1ccccc1. The third-order valence-electron chi connectivity index (χ3n) is 4.25. The third kappa shape index (κ3) is 3.76. The van der Waals surface area contributed by atoms with Crippen LogP contribution in [0.3, 0.4) is 0 Å². The van der Waals surface area contributed by atoms with Crippen LogP contribution in [0.4, 0.5) is 5.69 Å². The Hall–Kier alpha value is -2.95. The summed E-state index contributed by atoms with van der Waals surface area (Å²) in [5, 5.41) is 0. The van der Waals surface area contributed by atoms with Crippen molar-refractivity contribution >= 4 is 23.3 Å². The van der Waals surface area contributed by atoms with Crippen molar-refractivity contribution in [2.75, 3.05) is 11.4 Å². The zero-order valence-electron chi connectivity index (χ0n) is 13.9. The molecule has 0 N–H and O–H groups in total. The van der Waals surface area contributed by atoms with Gasteiger partial charge in [-0.3, -0.25) is 14.4 Å². The van der Waals surface area contributed by atoms with Crippen molar-refractivity contribution in [1.82, 2.24) is 0 Å². The number of benzene rings is 2. The number of hydrogen-bond donors (Lipinski definition) is 0. The number of esters is 1. The van der Waals surface area contributed by atoms with E-state index in [1.807, 2.05) is 36.4 Å². The van der Waals surface area contributed by atoms with Crippen LogP contribution in [0, 0.1) is 5.92 Å². The van der Waals surface area contributed by atoms with Crippen molar-refractivity contribution in [2.24, 2.45) is 5.92 Å². The number of rotatable bonds is 5. The van der Waals surface area contributed by atoms with Gasteiger partial charge in [0.1, 0.15) is 0 Å². The van der Waals surface area contributed by atoms with Gasteiger partial charge < -0.3 is 9.64 Å². The number of amides is 1. The van der Waals surface area contributed by atoms with Gasteiger partial charge in [0.25, 0.3) is 0 Å². The second-order valence-corrected chi connectivity index (χ2v) is 6.05. The molecule has 0 unspecified atom stereocenters. The minimum Gasteiger partial charge on any atom is -0.454 e. The summed E-state index contributed by atoms with van der Waals surface area (Å²) in [6.45, 7) is 1.83. The molecule has 1 aliphatic heterocycles. The standard InChI is InChI=1S/C20H19NO4/c1-14(19(23)15-8-4-2-5-9-15)25-20(24)16-12-18(22)21(13-16)17-10-6-3-7-11-17/h2-11,14,16H,12-13H2,1H3/t14-,16+/m1/s1. The first-order valence-corrected chi connectivity index (χ1v) is 8.21. The van der Waals surface area contributed by atoms with Crippen LogP contribution in [0.5, 0.6) is 0 Å². The zero-order valence-corrected chi connectivity index (χ0v) is 13.9. The number of Topliss-reactive ketones (excluding diaryl/α,β-unsaturated/α-hetero) is 1. The van der Waals surface area contributed by atoms with Crippen LogP contribution in [-0.2, 0) is 14.3 Å². The average molecular weight is 337 g/mol. The first-order chi connectivity index (χ1) is 12.1. The van der Waals surface area contributed by atoms with Crippen molar-refractivity contribution in [3.05, 3.63) is 66.2 Å². The molecule has 1 heterocycles. The second-order valence-electron chi connectivity index (χ2n) is 6.05. The molecule has 5 nitrogen and oxygen atoms in total. The van der Waals surface area contributed by atoms with Gasteiger partial charge in [0, 0.05) is 24.2 Å². The summed E-state index contributed by atoms with van der Waals surface area (Å²) in [6.07, 6.45) is -0.782. The molecule has 0 radical (unpaired) electrons. The Balaban J connectivity index is 1.62. The number of anilines is 1. The van der Waals surface area contributed by atoms with Gasteiger partial charge in [0.05, 0.1) is 5.92 Å². The highest BCUT2D eigenvalue weighted by atomic mass is 16.5. The fraction of sp³-hybridized carbons (Fsp3) is 0.250. The molecule has 3 rings (SSSR count). The van der Waals surface area contributed by atoms with Crippen molar-refractivity contribution in [3.8, 4) is 0 Å². The van der Waals surface area contributed by atoms with E-state index in [9.17, 15) is 14.4 Å². The Morgan fingerprint density at radius 3 is 2.28 bits per heavy atom. The molecular formula is C20H19NO4. The van der Waals surface area contributed by atoms with Crippen LogP contribution in [-0.4, -0.2) is 30.3 Å². The van der Waals surface area contributed by atoms with Gasteiger partial charge >= 0.3 is 5.97 Å². The lowest BCUT2D eigenvalue weighted by Gasteiger charge is -2.17. The van der Waals surface area contributed by atoms with Crippen molar-refractivity contribution in [1.29, 1.82) is 0 Å². The summed E-state index contributed by atoms with van der Waals surface area (Å²) in [6, 6.07) is 17.9. The van der Waals surface area contributed by atoms with Gasteiger partial charge in [-0.25, -0.2) is 0 Å². The van der Waals surface area contributed by atoms with E-state index in [0.29, 0.717) is 5.56 Å². The van der Waals surface area contributed by atoms with E-state index in [4.69, 9.17) is 4.74 Å². The fourth-order valence-corrected chi connectivity index (χ4v) is 2.88. The predicted molar refractivity (Wildman–Crippen MR) is 93.2 cm³/mol. The third-order valence-corrected chi connectivity index (χ3v) is 4.25. The van der Waals surface area contributed by atoms with E-state index in [1.54, 1.807) is 36.1 Å². The predicted octanol–water partition coefficient (Wildman–Crippen LogP) is 2.85. The van der Waals surface area contributed by atoms with E-state index in [1.165, 1.54) is 0 Å². The Bertz CT molecular complexity index is 773. The molecule has 1 saturated heterocycles. The number of carbonyl (C=O) groups is 3. The van der Waals surface area contributed by atoms with Crippen molar-refractivity contribution in [2.45, 2.75) is 19.4 Å². The molecule has 25 heavy (non-hydrogen) atoms. The molecule has 1 aliphatic rings. The van der Waals surface area contributed by atoms with Gasteiger partial charge in [0.2, 0.25) is 11.7 Å². The minimum atomic E-state index is -0.879. The summed E-state index contributed by atoms with van der Waals surface area (Å²) in [5.74, 6) is -1.43. The smallest absolute Gasteiger partial charge is 0.312 e. The second kappa shape index (κ2) is 7.30. The normalized spacial score (nSPS) is 18.0. The monoisotopic (exact) mass is 337 g/mol. The van der Waals surface area contributed by atoms with E-state index >= 15 is 0 Å². The quantitative estimate of drug-likeness (QED) is 0.622. The molecule has 2 aromatic rings. The van der Waals surface area contributed by atoms with Gasteiger partial charge in [0.15, 0.2) is 6.10 Å². The molecule has 0 aliphatic carbocycles. The summed E-state index contributed by atoms with van der Waals surface area (Å²) in [4.78, 5) is 38.4. The number of para-hydroxylation sites is 1. The Kier molecular flexibility index (Phi) is 4.93. The minimum absolute atomic E-state index is 0.0972. The van der Waals surface area contributed by atoms with E-state index < -0.39 is 18.0 Å². The molecule has 0 saturated carbocycles. The van der Waals surface area contributed by atoms with Crippen LogP contribution < -0.4 is 4.90 Å². The Morgan fingerprint density at radius 1 is 1.04 bits per heavy atom. The molecule has 1 fully saturated rings. The van der Waals surface area contributed by atoms with Gasteiger partial charge in [-0.05, 0) is 19.1 Å². The maximum absolute atomic E-state index is 12.4. The summed E-state index contributed by atoms with van der Waals surface area (Å²) >= 11 is 0. The fourth-order valence-electron chi connectivity index (χ4n) is 2.88. The number of carbonyl (C=O) groups excluding carboxylic acids is 3. The van der Waals surface area contributed by atoms with E-state index in [-0.39, 0.29) is 24.7 Å². The summed E-state index contributed by atoms with van der Waals surface area (Å²) in [5.41, 5.74) is 1.26. The Morgan fingerprint density at radius 2 is 1.64 bits per heavy atom. The number of nitrogens with zero attached hydrogens (tertiary/aromatic N) is 1. The van der Waals surface area contributed by atoms with Crippen LogP contribution in [0.2, 0.25) is 0 Å². The highest BCUT2D eigenvalue weighted by molar-refractivity contribution is 6.02. The maximum Gasteiger partial charge on any atom is 0.312 e. The zero-order chi connectivity index (χ0) is 17.8. The lowest BCUT2D eigenvalue weighted by molar-refractivity contribution is -0.151. The molecule has 2 atom stereocenters. The molecular weight excluding hydrogens is 318 g/mol. The van der Waals surface area contributed by atoms with Crippen LogP contribution in [0.15, 0.2) is 60.7 Å². The molecule has 0 bridgehead atoms. The van der Waals surface area contributed by atoms with Crippen LogP contribution >= 0.6 is 0 Å². The van der Waals surface area contributed by atoms with Gasteiger partial charge in [-0.1, -0.05) is 48.5 Å². The largest absolute Gasteiger partial charge is 0.454 e. The van der Waals surface area contributed by atoms with Crippen LogP contribution in [0.25, 0.3) is 0 Å². The molecule has 5 heteroatoms.